The van der Waals surface area contributed by atoms with Gasteiger partial charge in [0.1, 0.15) is 5.15 Å². The Balaban J connectivity index is 2.30. The van der Waals surface area contributed by atoms with E-state index in [9.17, 15) is 8.42 Å². The summed E-state index contributed by atoms with van der Waals surface area (Å²) in [6.07, 6.45) is 2.61. The molecule has 94 valence electrons. The van der Waals surface area contributed by atoms with Gasteiger partial charge in [0.05, 0.1) is 17.3 Å². The van der Waals surface area contributed by atoms with Crippen LogP contribution in [0, 0.1) is 6.92 Å². The largest absolute Gasteiger partial charge is 0.263 e. The maximum absolute atomic E-state index is 12.0. The van der Waals surface area contributed by atoms with Gasteiger partial charge in [-0.25, -0.2) is 13.4 Å². The topological polar surface area (TPSA) is 72.0 Å². The Morgan fingerprint density at radius 2 is 1.83 bits per heavy atom. The van der Waals surface area contributed by atoms with Crippen molar-refractivity contribution in [1.29, 1.82) is 0 Å². The summed E-state index contributed by atoms with van der Waals surface area (Å²) < 4.78 is 26.3. The number of benzene rings is 1. The van der Waals surface area contributed by atoms with Gasteiger partial charge in [-0.3, -0.25) is 9.71 Å². The zero-order valence-corrected chi connectivity index (χ0v) is 11.0. The summed E-state index contributed by atoms with van der Waals surface area (Å²) in [5.74, 6) is 0.0862. The van der Waals surface area contributed by atoms with Crippen LogP contribution in [0.2, 0.25) is 5.15 Å². The molecule has 0 unspecified atom stereocenters. The zero-order valence-electron chi connectivity index (χ0n) is 9.46. The van der Waals surface area contributed by atoms with Gasteiger partial charge < -0.3 is 0 Å². The second-order valence-electron chi connectivity index (χ2n) is 3.65. The fraction of sp³-hybridized carbons (Fsp3) is 0.0909. The van der Waals surface area contributed by atoms with Gasteiger partial charge in [-0.1, -0.05) is 29.3 Å². The lowest BCUT2D eigenvalue weighted by molar-refractivity contribution is 0.601. The number of nitrogens with one attached hydrogen (secondary N) is 1. The summed E-state index contributed by atoms with van der Waals surface area (Å²) in [4.78, 5) is 7.73. The molecule has 0 aliphatic heterocycles. The van der Waals surface area contributed by atoms with Gasteiger partial charge in [0.2, 0.25) is 0 Å². The van der Waals surface area contributed by atoms with E-state index in [0.717, 1.165) is 5.56 Å². The Bertz CT molecular complexity index is 656. The Morgan fingerprint density at radius 1 is 1.17 bits per heavy atom. The van der Waals surface area contributed by atoms with Gasteiger partial charge >= 0.3 is 0 Å². The molecule has 0 saturated heterocycles. The number of halogens is 1. The van der Waals surface area contributed by atoms with Crippen LogP contribution >= 0.6 is 11.6 Å². The summed E-state index contributed by atoms with van der Waals surface area (Å²) in [6, 6.07) is 6.49. The minimum atomic E-state index is -3.66. The predicted molar refractivity (Wildman–Crippen MR) is 69.0 cm³/mol. The molecule has 0 aliphatic carbocycles. The minimum absolute atomic E-state index is 0.0862. The number of aryl methyl sites for hydroxylation is 1. The molecular formula is C11H10ClN3O2S. The van der Waals surface area contributed by atoms with Crippen molar-refractivity contribution in [2.24, 2.45) is 0 Å². The van der Waals surface area contributed by atoms with Gasteiger partial charge in [-0.15, -0.1) is 0 Å². The Morgan fingerprint density at radius 3 is 2.44 bits per heavy atom. The van der Waals surface area contributed by atoms with Gasteiger partial charge in [0.25, 0.3) is 10.0 Å². The fourth-order valence-electron chi connectivity index (χ4n) is 1.31. The van der Waals surface area contributed by atoms with Crippen LogP contribution < -0.4 is 4.72 Å². The normalized spacial score (nSPS) is 11.2. The van der Waals surface area contributed by atoms with E-state index in [4.69, 9.17) is 11.6 Å². The molecule has 0 atom stereocenters. The molecule has 5 nitrogen and oxygen atoms in total. The van der Waals surface area contributed by atoms with E-state index in [1.54, 1.807) is 12.1 Å². The molecule has 2 aromatic rings. The van der Waals surface area contributed by atoms with Crippen LogP contribution in [0.25, 0.3) is 0 Å². The SMILES string of the molecule is Cc1ccc(S(=O)(=O)Nc2cncc(Cl)n2)cc1. The monoisotopic (exact) mass is 283 g/mol. The first-order valence-corrected chi connectivity index (χ1v) is 6.90. The Labute approximate surface area is 110 Å². The summed E-state index contributed by atoms with van der Waals surface area (Å²) in [5, 5.41) is 0.124. The summed E-state index contributed by atoms with van der Waals surface area (Å²) >= 11 is 5.63. The van der Waals surface area contributed by atoms with Crippen molar-refractivity contribution in [2.45, 2.75) is 11.8 Å². The molecule has 0 fully saturated rings. The first-order valence-electron chi connectivity index (χ1n) is 5.04. The van der Waals surface area contributed by atoms with Gasteiger partial charge in [0, 0.05) is 0 Å². The summed E-state index contributed by atoms with van der Waals surface area (Å²) in [6.45, 7) is 1.88. The smallest absolute Gasteiger partial charge is 0.262 e. The molecule has 0 amide bonds. The Hall–Kier alpha value is -1.66. The third kappa shape index (κ3) is 2.96. The molecule has 1 N–H and O–H groups in total. The van der Waals surface area contributed by atoms with Crippen LogP contribution in [0.5, 0.6) is 0 Å². The number of nitrogens with zero attached hydrogens (tertiary/aromatic N) is 2. The van der Waals surface area contributed by atoms with Crippen molar-refractivity contribution in [2.75, 3.05) is 4.72 Å². The quantitative estimate of drug-likeness (QED) is 0.938. The highest BCUT2D eigenvalue weighted by Crippen LogP contribution is 2.15. The molecule has 2 rings (SSSR count). The van der Waals surface area contributed by atoms with Crippen LogP contribution in [0.15, 0.2) is 41.6 Å². The lowest BCUT2D eigenvalue weighted by Gasteiger charge is -2.07. The molecule has 1 aromatic heterocycles. The van der Waals surface area contributed by atoms with E-state index in [-0.39, 0.29) is 15.9 Å². The minimum Gasteiger partial charge on any atom is -0.262 e. The Kier molecular flexibility index (Phi) is 3.49. The first-order chi connectivity index (χ1) is 8.47. The number of hydrogen-bond donors (Lipinski definition) is 1. The first kappa shape index (κ1) is 12.8. The number of hydrogen-bond acceptors (Lipinski definition) is 4. The summed E-state index contributed by atoms with van der Waals surface area (Å²) in [7, 11) is -3.66. The molecule has 0 spiro atoms. The molecule has 1 aromatic carbocycles. The third-order valence-corrected chi connectivity index (χ3v) is 3.73. The average molecular weight is 284 g/mol. The third-order valence-electron chi connectivity index (χ3n) is 2.18. The van der Waals surface area contributed by atoms with Crippen molar-refractivity contribution < 1.29 is 8.42 Å². The standard InChI is InChI=1S/C11H10ClN3O2S/c1-8-2-4-9(5-3-8)18(16,17)15-11-7-13-6-10(12)14-11/h2-7H,1H3,(H,14,15). The van der Waals surface area contributed by atoms with E-state index < -0.39 is 10.0 Å². The van der Waals surface area contributed by atoms with Crippen LogP contribution in [0.3, 0.4) is 0 Å². The van der Waals surface area contributed by atoms with Crippen molar-refractivity contribution in [3.8, 4) is 0 Å². The van der Waals surface area contributed by atoms with Gasteiger partial charge in [0.15, 0.2) is 5.82 Å². The highest BCUT2D eigenvalue weighted by molar-refractivity contribution is 7.92. The molecule has 0 bridgehead atoms. The maximum Gasteiger partial charge on any atom is 0.263 e. The van der Waals surface area contributed by atoms with E-state index in [2.05, 4.69) is 14.7 Å². The average Bonchev–Trinajstić information content (AvgIpc) is 2.29. The highest BCUT2D eigenvalue weighted by Gasteiger charge is 2.14. The maximum atomic E-state index is 12.0. The summed E-state index contributed by atoms with van der Waals surface area (Å²) in [5.41, 5.74) is 0.983. The molecule has 7 heteroatoms. The highest BCUT2D eigenvalue weighted by atomic mass is 35.5. The molecule has 0 saturated carbocycles. The number of anilines is 1. The molecule has 0 aliphatic rings. The van der Waals surface area contributed by atoms with Crippen molar-refractivity contribution >= 4 is 27.4 Å². The van der Waals surface area contributed by atoms with Crippen molar-refractivity contribution in [1.82, 2.24) is 9.97 Å². The number of sulfonamides is 1. The van der Waals surface area contributed by atoms with Crippen LogP contribution in [-0.4, -0.2) is 18.4 Å². The van der Waals surface area contributed by atoms with Gasteiger partial charge in [-0.05, 0) is 19.1 Å². The van der Waals surface area contributed by atoms with Crippen LogP contribution in [-0.2, 0) is 10.0 Å². The molecule has 0 radical (unpaired) electrons. The number of aromatic nitrogens is 2. The lowest BCUT2D eigenvalue weighted by Crippen LogP contribution is -2.14. The molecule has 1 heterocycles. The van der Waals surface area contributed by atoms with E-state index >= 15 is 0 Å². The zero-order chi connectivity index (χ0) is 13.2. The second kappa shape index (κ2) is 4.91. The second-order valence-corrected chi connectivity index (χ2v) is 5.72. The molecule has 18 heavy (non-hydrogen) atoms. The lowest BCUT2D eigenvalue weighted by atomic mass is 10.2. The van der Waals surface area contributed by atoms with E-state index in [1.165, 1.54) is 24.5 Å². The fourth-order valence-corrected chi connectivity index (χ4v) is 2.44. The van der Waals surface area contributed by atoms with Crippen molar-refractivity contribution in [3.63, 3.8) is 0 Å². The number of rotatable bonds is 3. The van der Waals surface area contributed by atoms with Crippen LogP contribution in [0.4, 0.5) is 5.82 Å². The molecular weight excluding hydrogens is 274 g/mol. The predicted octanol–water partition coefficient (Wildman–Crippen LogP) is 2.24. The van der Waals surface area contributed by atoms with Crippen molar-refractivity contribution in [3.05, 3.63) is 47.4 Å². The van der Waals surface area contributed by atoms with E-state index in [1.807, 2.05) is 6.92 Å². The van der Waals surface area contributed by atoms with Gasteiger partial charge in [-0.2, -0.15) is 0 Å². The van der Waals surface area contributed by atoms with Crippen LogP contribution in [0.1, 0.15) is 5.56 Å². The van der Waals surface area contributed by atoms with E-state index in [0.29, 0.717) is 0 Å².